The van der Waals surface area contributed by atoms with Crippen LogP contribution in [0.5, 0.6) is 0 Å². The number of hydrogen-bond donors (Lipinski definition) is 2. The number of carbonyl (C=O) groups is 1. The van der Waals surface area contributed by atoms with Gasteiger partial charge in [0.25, 0.3) is 5.69 Å². The molecule has 0 bridgehead atoms. The van der Waals surface area contributed by atoms with Crippen LogP contribution >= 0.6 is 15.9 Å². The van der Waals surface area contributed by atoms with Gasteiger partial charge >= 0.3 is 5.97 Å². The molecule has 8 nitrogen and oxygen atoms in total. The third kappa shape index (κ3) is 3.09. The minimum Gasteiger partial charge on any atom is -0.476 e. The molecule has 0 unspecified atom stereocenters. The van der Waals surface area contributed by atoms with Crippen LogP contribution in [0.15, 0.2) is 28.9 Å². The number of aliphatic hydroxyl groups is 1. The van der Waals surface area contributed by atoms with Crippen molar-refractivity contribution < 1.29 is 19.9 Å². The van der Waals surface area contributed by atoms with E-state index in [9.17, 15) is 14.9 Å². The molecule has 9 heteroatoms. The molecule has 0 atom stereocenters. The molecule has 1 heterocycles. The monoisotopic (exact) mass is 355 g/mol. The van der Waals surface area contributed by atoms with Gasteiger partial charge < -0.3 is 10.2 Å². The second-order valence-electron chi connectivity index (χ2n) is 4.12. The molecule has 0 aliphatic rings. The van der Waals surface area contributed by atoms with Gasteiger partial charge in [0.1, 0.15) is 0 Å². The van der Waals surface area contributed by atoms with Crippen LogP contribution in [0.4, 0.5) is 5.69 Å². The number of non-ortho nitro benzene ring substituents is 1. The van der Waals surface area contributed by atoms with Crippen LogP contribution < -0.4 is 0 Å². The maximum Gasteiger partial charge on any atom is 0.356 e. The van der Waals surface area contributed by atoms with Gasteiger partial charge in [-0.25, -0.2) is 9.48 Å². The van der Waals surface area contributed by atoms with Crippen LogP contribution in [-0.4, -0.2) is 37.5 Å². The van der Waals surface area contributed by atoms with Crippen LogP contribution in [0.2, 0.25) is 0 Å². The highest BCUT2D eigenvalue weighted by atomic mass is 79.9. The Hall–Kier alpha value is -2.26. The molecule has 110 valence electrons. The fourth-order valence-corrected chi connectivity index (χ4v) is 2.24. The highest BCUT2D eigenvalue weighted by Gasteiger charge is 2.18. The molecule has 0 saturated carbocycles. The Balaban J connectivity index is 2.56. The minimum atomic E-state index is -1.22. The zero-order valence-electron chi connectivity index (χ0n) is 10.6. The van der Waals surface area contributed by atoms with Gasteiger partial charge in [-0.3, -0.25) is 10.1 Å². The summed E-state index contributed by atoms with van der Waals surface area (Å²) in [5, 5.41) is 32.8. The van der Waals surface area contributed by atoms with Gasteiger partial charge in [-0.1, -0.05) is 0 Å². The van der Waals surface area contributed by atoms with Crippen molar-refractivity contribution in [2.45, 2.75) is 6.42 Å². The first-order valence-electron chi connectivity index (χ1n) is 5.81. The number of nitro benzene ring substituents is 1. The molecule has 0 aliphatic heterocycles. The summed E-state index contributed by atoms with van der Waals surface area (Å²) in [4.78, 5) is 21.4. The van der Waals surface area contributed by atoms with E-state index in [2.05, 4.69) is 21.0 Å². The summed E-state index contributed by atoms with van der Waals surface area (Å²) < 4.78 is 1.77. The quantitative estimate of drug-likeness (QED) is 0.623. The number of carboxylic acids is 1. The van der Waals surface area contributed by atoms with E-state index in [0.29, 0.717) is 15.7 Å². The van der Waals surface area contributed by atoms with Crippen molar-refractivity contribution in [3.63, 3.8) is 0 Å². The van der Waals surface area contributed by atoms with Crippen molar-refractivity contribution in [2.75, 3.05) is 6.61 Å². The van der Waals surface area contributed by atoms with E-state index in [4.69, 9.17) is 10.2 Å². The lowest BCUT2D eigenvalue weighted by atomic mass is 10.2. The topological polar surface area (TPSA) is 118 Å². The lowest BCUT2D eigenvalue weighted by Gasteiger charge is -2.04. The molecule has 1 aromatic heterocycles. The molecule has 2 rings (SSSR count). The summed E-state index contributed by atoms with van der Waals surface area (Å²) in [6.45, 7) is -0.220. The smallest absolute Gasteiger partial charge is 0.356 e. The Kier molecular flexibility index (Phi) is 4.34. The van der Waals surface area contributed by atoms with Gasteiger partial charge in [-0.05, 0) is 28.4 Å². The zero-order chi connectivity index (χ0) is 15.6. The van der Waals surface area contributed by atoms with Crippen LogP contribution in [-0.2, 0) is 6.42 Å². The summed E-state index contributed by atoms with van der Waals surface area (Å²) >= 11 is 3.25. The van der Waals surface area contributed by atoms with Crippen molar-refractivity contribution in [1.82, 2.24) is 9.78 Å². The average molecular weight is 356 g/mol. The molecule has 0 aliphatic carbocycles. The average Bonchev–Trinajstić information content (AvgIpc) is 2.83. The number of aromatic nitrogens is 2. The number of benzene rings is 1. The molecule has 21 heavy (non-hydrogen) atoms. The van der Waals surface area contributed by atoms with E-state index in [1.165, 1.54) is 29.1 Å². The van der Waals surface area contributed by atoms with Gasteiger partial charge in [0.2, 0.25) is 0 Å². The normalized spacial score (nSPS) is 10.6. The standard InChI is InChI=1S/C12H10BrN3O5/c13-9-2-1-8(16(20)21)5-10(9)15-6-7(3-4-17)11(14-15)12(18)19/h1-2,5-6,17H,3-4H2,(H,18,19). The Bertz CT molecular complexity index is 713. The predicted octanol–water partition coefficient (Wildman–Crippen LogP) is 1.78. The predicted molar refractivity (Wildman–Crippen MR) is 75.7 cm³/mol. The fraction of sp³-hybridized carbons (Fsp3) is 0.167. The van der Waals surface area contributed by atoms with E-state index in [1.54, 1.807) is 0 Å². The molecule has 0 saturated heterocycles. The lowest BCUT2D eigenvalue weighted by Crippen LogP contribution is -2.04. The van der Waals surface area contributed by atoms with Gasteiger partial charge in [0, 0.05) is 35.0 Å². The summed E-state index contributed by atoms with van der Waals surface area (Å²) in [5.41, 5.74) is 0.367. The number of aromatic carboxylic acids is 1. The molecule has 0 spiro atoms. The second kappa shape index (κ2) is 6.02. The minimum absolute atomic E-state index is 0.133. The number of rotatable bonds is 5. The van der Waals surface area contributed by atoms with Gasteiger partial charge in [0.05, 0.1) is 10.6 Å². The van der Waals surface area contributed by atoms with Crippen molar-refractivity contribution >= 4 is 27.6 Å². The molecule has 0 fully saturated rings. The van der Waals surface area contributed by atoms with E-state index in [0.717, 1.165) is 0 Å². The number of nitrogens with zero attached hydrogens (tertiary/aromatic N) is 3. The second-order valence-corrected chi connectivity index (χ2v) is 4.97. The molecule has 1 aromatic carbocycles. The Morgan fingerprint density at radius 2 is 2.19 bits per heavy atom. The van der Waals surface area contributed by atoms with Crippen LogP contribution in [0.1, 0.15) is 16.1 Å². The van der Waals surface area contributed by atoms with Gasteiger partial charge in [0.15, 0.2) is 5.69 Å². The van der Waals surface area contributed by atoms with Crippen molar-refractivity contribution in [2.24, 2.45) is 0 Å². The third-order valence-electron chi connectivity index (χ3n) is 2.76. The first-order valence-corrected chi connectivity index (χ1v) is 6.60. The fourth-order valence-electron chi connectivity index (χ4n) is 1.81. The first kappa shape index (κ1) is 15.1. The summed E-state index contributed by atoms with van der Waals surface area (Å²) in [6, 6.07) is 4.09. The van der Waals surface area contributed by atoms with Crippen LogP contribution in [0, 0.1) is 10.1 Å². The number of aliphatic hydroxyl groups excluding tert-OH is 1. The highest BCUT2D eigenvalue weighted by Crippen LogP contribution is 2.26. The molecule has 0 amide bonds. The first-order chi connectivity index (χ1) is 9.93. The van der Waals surface area contributed by atoms with E-state index in [1.807, 2.05) is 0 Å². The van der Waals surface area contributed by atoms with E-state index < -0.39 is 10.9 Å². The van der Waals surface area contributed by atoms with Gasteiger partial charge in [-0.15, -0.1) is 0 Å². The van der Waals surface area contributed by atoms with E-state index >= 15 is 0 Å². The Morgan fingerprint density at radius 3 is 2.76 bits per heavy atom. The Morgan fingerprint density at radius 1 is 1.48 bits per heavy atom. The van der Waals surface area contributed by atoms with Gasteiger partial charge in [-0.2, -0.15) is 5.10 Å². The zero-order valence-corrected chi connectivity index (χ0v) is 12.1. The van der Waals surface area contributed by atoms with E-state index in [-0.39, 0.29) is 24.4 Å². The number of hydrogen-bond acceptors (Lipinski definition) is 5. The molecular formula is C12H10BrN3O5. The molecule has 0 radical (unpaired) electrons. The summed E-state index contributed by atoms with van der Waals surface area (Å²) in [6.07, 6.45) is 1.57. The maximum absolute atomic E-state index is 11.1. The highest BCUT2D eigenvalue weighted by molar-refractivity contribution is 9.10. The maximum atomic E-state index is 11.1. The number of carboxylic acid groups (broad SMARTS) is 1. The van der Waals surface area contributed by atoms with Crippen LogP contribution in [0.3, 0.4) is 0 Å². The van der Waals surface area contributed by atoms with Crippen molar-refractivity contribution in [3.8, 4) is 5.69 Å². The number of halogens is 1. The SMILES string of the molecule is O=C(O)c1nn(-c2cc([N+](=O)[O-])ccc2Br)cc1CCO. The molecule has 2 aromatic rings. The van der Waals surface area contributed by atoms with Crippen molar-refractivity contribution in [1.29, 1.82) is 0 Å². The van der Waals surface area contributed by atoms with Crippen molar-refractivity contribution in [3.05, 3.63) is 50.2 Å². The third-order valence-corrected chi connectivity index (χ3v) is 3.43. The molecule has 2 N–H and O–H groups in total. The lowest BCUT2D eigenvalue weighted by molar-refractivity contribution is -0.384. The Labute approximate surface area is 126 Å². The largest absolute Gasteiger partial charge is 0.476 e. The van der Waals surface area contributed by atoms with Crippen LogP contribution in [0.25, 0.3) is 5.69 Å². The summed E-state index contributed by atoms with van der Waals surface area (Å²) in [5.74, 6) is -1.22. The summed E-state index contributed by atoms with van der Waals surface area (Å²) in [7, 11) is 0. The number of nitro groups is 1. The molecular weight excluding hydrogens is 346 g/mol.